The number of fused-ring (bicyclic) bond motifs is 1. The van der Waals surface area contributed by atoms with E-state index >= 15 is 0 Å². The second-order valence-electron chi connectivity index (χ2n) is 5.34. The number of hydrogen-bond acceptors (Lipinski definition) is 1. The zero-order valence-electron chi connectivity index (χ0n) is 9.57. The topological polar surface area (TPSA) is 20.2 Å². The molecule has 2 aliphatic rings. The van der Waals surface area contributed by atoms with Crippen molar-refractivity contribution in [2.24, 2.45) is 17.8 Å². The van der Waals surface area contributed by atoms with Gasteiger partial charge in [0.15, 0.2) is 0 Å². The largest absolute Gasteiger partial charge is 0.392 e. The first-order valence-corrected chi connectivity index (χ1v) is 7.04. The van der Waals surface area contributed by atoms with Gasteiger partial charge in [-0.15, -0.1) is 0 Å². The van der Waals surface area contributed by atoms with Gasteiger partial charge in [-0.05, 0) is 48.3 Å². The Balaban J connectivity index is 1.66. The van der Waals surface area contributed by atoms with Gasteiger partial charge in [-0.1, -0.05) is 35.7 Å². The Bertz CT molecular complexity index is 422. The van der Waals surface area contributed by atoms with Gasteiger partial charge in [0.2, 0.25) is 0 Å². The molecule has 0 aliphatic heterocycles. The van der Waals surface area contributed by atoms with E-state index in [1.165, 1.54) is 19.3 Å². The number of aliphatic hydroxyl groups is 1. The highest BCUT2D eigenvalue weighted by molar-refractivity contribution is 6.35. The lowest BCUT2D eigenvalue weighted by atomic mass is 10.00. The average molecular weight is 271 g/mol. The van der Waals surface area contributed by atoms with Crippen LogP contribution in [0.4, 0.5) is 0 Å². The van der Waals surface area contributed by atoms with Gasteiger partial charge in [0.05, 0.1) is 6.10 Å². The first-order valence-electron chi connectivity index (χ1n) is 6.29. The predicted molar refractivity (Wildman–Crippen MR) is 70.5 cm³/mol. The van der Waals surface area contributed by atoms with Crippen LogP contribution < -0.4 is 0 Å². The monoisotopic (exact) mass is 270 g/mol. The molecule has 0 spiro atoms. The molecule has 0 aromatic heterocycles. The zero-order valence-corrected chi connectivity index (χ0v) is 11.1. The average Bonchev–Trinajstić information content (AvgIpc) is 2.77. The van der Waals surface area contributed by atoms with Crippen LogP contribution in [0.25, 0.3) is 0 Å². The van der Waals surface area contributed by atoms with Crippen molar-refractivity contribution in [3.05, 3.63) is 33.8 Å². The highest BCUT2D eigenvalue weighted by Crippen LogP contribution is 2.59. The van der Waals surface area contributed by atoms with Gasteiger partial charge in [0.25, 0.3) is 0 Å². The Hall–Kier alpha value is -0.240. The van der Waals surface area contributed by atoms with E-state index in [0.29, 0.717) is 22.4 Å². The van der Waals surface area contributed by atoms with Crippen molar-refractivity contribution < 1.29 is 5.11 Å². The van der Waals surface area contributed by atoms with Gasteiger partial charge in [-0.3, -0.25) is 0 Å². The van der Waals surface area contributed by atoms with E-state index in [-0.39, 0.29) is 6.10 Å². The second kappa shape index (κ2) is 4.46. The summed E-state index contributed by atoms with van der Waals surface area (Å²) in [7, 11) is 0. The van der Waals surface area contributed by atoms with Crippen LogP contribution in [0.15, 0.2) is 18.2 Å². The SMILES string of the molecule is OC(Cc1ccc(Cl)cc1Cl)C1C2CCCC21. The summed E-state index contributed by atoms with van der Waals surface area (Å²) in [5, 5.41) is 11.6. The standard InChI is InChI=1S/C14H16Cl2O/c15-9-5-4-8(12(16)7-9)6-13(17)14-10-2-1-3-11(10)14/h4-5,7,10-11,13-14,17H,1-3,6H2. The van der Waals surface area contributed by atoms with E-state index in [0.717, 1.165) is 17.4 Å². The van der Waals surface area contributed by atoms with Crippen LogP contribution in [-0.4, -0.2) is 11.2 Å². The number of benzene rings is 1. The molecule has 0 saturated heterocycles. The predicted octanol–water partition coefficient (Wildman–Crippen LogP) is 3.94. The van der Waals surface area contributed by atoms with Crippen molar-refractivity contribution >= 4 is 23.2 Å². The molecule has 92 valence electrons. The number of aliphatic hydroxyl groups excluding tert-OH is 1. The van der Waals surface area contributed by atoms with Gasteiger partial charge in [0, 0.05) is 16.5 Å². The summed E-state index contributed by atoms with van der Waals surface area (Å²) in [6, 6.07) is 5.51. The maximum absolute atomic E-state index is 10.3. The molecule has 2 saturated carbocycles. The van der Waals surface area contributed by atoms with Crippen LogP contribution in [0.3, 0.4) is 0 Å². The quantitative estimate of drug-likeness (QED) is 0.882. The van der Waals surface area contributed by atoms with E-state index in [4.69, 9.17) is 23.2 Å². The van der Waals surface area contributed by atoms with Crippen LogP contribution in [0, 0.1) is 17.8 Å². The molecule has 1 aromatic carbocycles. The van der Waals surface area contributed by atoms with E-state index in [9.17, 15) is 5.11 Å². The molecule has 3 rings (SSSR count). The minimum Gasteiger partial charge on any atom is -0.392 e. The molecule has 2 fully saturated rings. The molecule has 3 atom stereocenters. The lowest BCUT2D eigenvalue weighted by Crippen LogP contribution is -2.16. The van der Waals surface area contributed by atoms with Crippen LogP contribution in [0.1, 0.15) is 24.8 Å². The van der Waals surface area contributed by atoms with Crippen LogP contribution in [0.2, 0.25) is 10.0 Å². The number of rotatable bonds is 3. The molecule has 1 N–H and O–H groups in total. The summed E-state index contributed by atoms with van der Waals surface area (Å²) in [5.41, 5.74) is 1.01. The molecule has 2 aliphatic carbocycles. The van der Waals surface area contributed by atoms with E-state index in [2.05, 4.69) is 0 Å². The molecule has 17 heavy (non-hydrogen) atoms. The smallest absolute Gasteiger partial charge is 0.0614 e. The molecular formula is C14H16Cl2O. The maximum Gasteiger partial charge on any atom is 0.0614 e. The molecule has 0 heterocycles. The summed E-state index contributed by atoms with van der Waals surface area (Å²) >= 11 is 12.0. The van der Waals surface area contributed by atoms with Gasteiger partial charge in [0.1, 0.15) is 0 Å². The van der Waals surface area contributed by atoms with Crippen molar-refractivity contribution in [3.63, 3.8) is 0 Å². The fourth-order valence-electron chi connectivity index (χ4n) is 3.50. The summed E-state index contributed by atoms with van der Waals surface area (Å²) in [6.45, 7) is 0. The van der Waals surface area contributed by atoms with Crippen molar-refractivity contribution in [3.8, 4) is 0 Å². The summed E-state index contributed by atoms with van der Waals surface area (Å²) in [4.78, 5) is 0. The molecule has 0 amide bonds. The van der Waals surface area contributed by atoms with E-state index < -0.39 is 0 Å². The lowest BCUT2D eigenvalue weighted by Gasteiger charge is -2.13. The third kappa shape index (κ3) is 2.21. The Morgan fingerprint density at radius 1 is 1.24 bits per heavy atom. The minimum atomic E-state index is -0.232. The molecule has 0 radical (unpaired) electrons. The number of hydrogen-bond donors (Lipinski definition) is 1. The molecule has 0 bridgehead atoms. The van der Waals surface area contributed by atoms with Gasteiger partial charge < -0.3 is 5.11 Å². The van der Waals surface area contributed by atoms with Gasteiger partial charge >= 0.3 is 0 Å². The highest BCUT2D eigenvalue weighted by Gasteiger charge is 2.55. The van der Waals surface area contributed by atoms with Crippen molar-refractivity contribution in [2.75, 3.05) is 0 Å². The van der Waals surface area contributed by atoms with E-state index in [1.807, 2.05) is 12.1 Å². The van der Waals surface area contributed by atoms with Crippen molar-refractivity contribution in [2.45, 2.75) is 31.8 Å². The molecule has 3 heteroatoms. The highest BCUT2D eigenvalue weighted by atomic mass is 35.5. The summed E-state index contributed by atoms with van der Waals surface area (Å²) in [6.07, 6.45) is 4.39. The van der Waals surface area contributed by atoms with Gasteiger partial charge in [-0.2, -0.15) is 0 Å². The minimum absolute atomic E-state index is 0.232. The maximum atomic E-state index is 10.3. The van der Waals surface area contributed by atoms with Crippen molar-refractivity contribution in [1.29, 1.82) is 0 Å². The zero-order chi connectivity index (χ0) is 12.0. The Morgan fingerprint density at radius 3 is 2.59 bits per heavy atom. The Morgan fingerprint density at radius 2 is 1.94 bits per heavy atom. The summed E-state index contributed by atoms with van der Waals surface area (Å²) < 4.78 is 0. The third-order valence-electron chi connectivity index (χ3n) is 4.36. The molecular weight excluding hydrogens is 255 g/mol. The molecule has 1 aromatic rings. The lowest BCUT2D eigenvalue weighted by molar-refractivity contribution is 0.135. The Kier molecular flexibility index (Phi) is 3.10. The molecule has 3 unspecified atom stereocenters. The third-order valence-corrected chi connectivity index (χ3v) is 4.95. The fourth-order valence-corrected chi connectivity index (χ4v) is 3.98. The van der Waals surface area contributed by atoms with Crippen LogP contribution in [-0.2, 0) is 6.42 Å². The first-order chi connectivity index (χ1) is 8.16. The summed E-state index contributed by atoms with van der Waals surface area (Å²) in [5.74, 6) is 2.10. The van der Waals surface area contributed by atoms with E-state index in [1.54, 1.807) is 6.07 Å². The van der Waals surface area contributed by atoms with Crippen LogP contribution >= 0.6 is 23.2 Å². The first kappa shape index (κ1) is 11.8. The Labute approximate surface area is 112 Å². The van der Waals surface area contributed by atoms with Crippen molar-refractivity contribution in [1.82, 2.24) is 0 Å². The normalized spacial score (nSPS) is 32.3. The van der Waals surface area contributed by atoms with Gasteiger partial charge in [-0.25, -0.2) is 0 Å². The van der Waals surface area contributed by atoms with Crippen LogP contribution in [0.5, 0.6) is 0 Å². The number of halogens is 2. The second-order valence-corrected chi connectivity index (χ2v) is 6.19. The molecule has 1 nitrogen and oxygen atoms in total. The fraction of sp³-hybridized carbons (Fsp3) is 0.571.